The molecule has 0 spiro atoms. The molecule has 6 heteroatoms. The van der Waals surface area contributed by atoms with Crippen LogP contribution in [0.3, 0.4) is 0 Å². The van der Waals surface area contributed by atoms with Gasteiger partial charge in [0.1, 0.15) is 0 Å². The van der Waals surface area contributed by atoms with Crippen molar-refractivity contribution in [1.29, 1.82) is 0 Å². The van der Waals surface area contributed by atoms with Crippen molar-refractivity contribution < 1.29 is 9.59 Å². The van der Waals surface area contributed by atoms with Crippen molar-refractivity contribution in [1.82, 2.24) is 5.32 Å². The van der Waals surface area contributed by atoms with Gasteiger partial charge < -0.3 is 10.6 Å². The Morgan fingerprint density at radius 2 is 1.77 bits per heavy atom. The van der Waals surface area contributed by atoms with Gasteiger partial charge in [-0.1, -0.05) is 29.3 Å². The molecule has 0 unspecified atom stereocenters. The third-order valence-corrected chi connectivity index (χ3v) is 4.42. The van der Waals surface area contributed by atoms with Gasteiger partial charge >= 0.3 is 0 Å². The van der Waals surface area contributed by atoms with Gasteiger partial charge in [-0.25, -0.2) is 0 Å². The van der Waals surface area contributed by atoms with E-state index in [1.54, 1.807) is 11.4 Å². The van der Waals surface area contributed by atoms with Crippen molar-refractivity contribution in [2.24, 2.45) is 0 Å². The number of hydrogen-bond donors (Lipinski definition) is 2. The Bertz CT molecular complexity index is 702. The molecule has 0 bridgehead atoms. The van der Waals surface area contributed by atoms with E-state index in [1.165, 1.54) is 11.3 Å². The van der Waals surface area contributed by atoms with Crippen molar-refractivity contribution in [2.45, 2.75) is 20.8 Å². The second-order valence-corrected chi connectivity index (χ2v) is 6.48. The summed E-state index contributed by atoms with van der Waals surface area (Å²) in [6, 6.07) is 5.59. The minimum Gasteiger partial charge on any atom is -0.342 e. The van der Waals surface area contributed by atoms with Crippen LogP contribution in [0.25, 0.3) is 0 Å². The van der Waals surface area contributed by atoms with Gasteiger partial charge in [-0.15, -0.1) is 11.3 Å². The predicted molar refractivity (Wildman–Crippen MR) is 90.9 cm³/mol. The molecule has 0 saturated carbocycles. The molecule has 0 aliphatic rings. The van der Waals surface area contributed by atoms with Crippen LogP contribution in [0.2, 0.25) is 5.02 Å². The lowest BCUT2D eigenvalue weighted by molar-refractivity contribution is -0.115. The summed E-state index contributed by atoms with van der Waals surface area (Å²) in [5.41, 5.74) is 3.95. The highest BCUT2D eigenvalue weighted by Crippen LogP contribution is 2.22. The molecule has 0 atom stereocenters. The molecule has 1 heterocycles. The highest BCUT2D eigenvalue weighted by Gasteiger charge is 2.12. The maximum atomic E-state index is 12.0. The van der Waals surface area contributed by atoms with Crippen LogP contribution >= 0.6 is 22.9 Å². The molecule has 0 radical (unpaired) electrons. The van der Waals surface area contributed by atoms with Gasteiger partial charge in [-0.05, 0) is 38.0 Å². The van der Waals surface area contributed by atoms with Crippen LogP contribution in [0.1, 0.15) is 26.4 Å². The first-order valence-electron chi connectivity index (χ1n) is 6.76. The largest absolute Gasteiger partial charge is 0.342 e. The normalized spacial score (nSPS) is 10.4. The van der Waals surface area contributed by atoms with E-state index >= 15 is 0 Å². The molecule has 4 nitrogen and oxygen atoms in total. The van der Waals surface area contributed by atoms with Crippen molar-refractivity contribution >= 4 is 40.4 Å². The zero-order chi connectivity index (χ0) is 16.3. The van der Waals surface area contributed by atoms with Crippen LogP contribution in [0.4, 0.5) is 5.69 Å². The zero-order valence-electron chi connectivity index (χ0n) is 12.6. The van der Waals surface area contributed by atoms with Crippen LogP contribution in [0.5, 0.6) is 0 Å². The van der Waals surface area contributed by atoms with Gasteiger partial charge in [0.25, 0.3) is 5.91 Å². The molecular formula is C16H17ClN2O2S. The molecule has 0 saturated heterocycles. The summed E-state index contributed by atoms with van der Waals surface area (Å²) >= 11 is 7.02. The summed E-state index contributed by atoms with van der Waals surface area (Å²) in [7, 11) is 0. The Balaban J connectivity index is 1.95. The Morgan fingerprint density at radius 1 is 1.14 bits per heavy atom. The summed E-state index contributed by atoms with van der Waals surface area (Å²) in [6.45, 7) is 5.82. The van der Waals surface area contributed by atoms with Gasteiger partial charge in [-0.3, -0.25) is 9.59 Å². The van der Waals surface area contributed by atoms with Crippen LogP contribution in [0, 0.1) is 20.8 Å². The summed E-state index contributed by atoms with van der Waals surface area (Å²) in [6.07, 6.45) is 0. The number of rotatable bonds is 4. The number of carbonyl (C=O) groups is 2. The van der Waals surface area contributed by atoms with Crippen LogP contribution in [0.15, 0.2) is 23.6 Å². The molecule has 2 aromatic rings. The third-order valence-electron chi connectivity index (χ3n) is 3.14. The van der Waals surface area contributed by atoms with Gasteiger partial charge in [0.15, 0.2) is 0 Å². The highest BCUT2D eigenvalue weighted by molar-refractivity contribution is 7.12. The monoisotopic (exact) mass is 336 g/mol. The van der Waals surface area contributed by atoms with Crippen LogP contribution < -0.4 is 10.6 Å². The quantitative estimate of drug-likeness (QED) is 0.894. The van der Waals surface area contributed by atoms with Gasteiger partial charge in [0, 0.05) is 11.1 Å². The summed E-state index contributed by atoms with van der Waals surface area (Å²) in [5, 5.41) is 7.62. The van der Waals surface area contributed by atoms with E-state index in [0.717, 1.165) is 22.4 Å². The predicted octanol–water partition coefficient (Wildman–Crippen LogP) is 3.70. The first-order chi connectivity index (χ1) is 10.4. The second kappa shape index (κ2) is 6.94. The minimum absolute atomic E-state index is 0.0822. The molecule has 2 rings (SSSR count). The number of amides is 2. The molecule has 0 fully saturated rings. The van der Waals surface area contributed by atoms with Crippen molar-refractivity contribution in [2.75, 3.05) is 11.9 Å². The van der Waals surface area contributed by atoms with E-state index in [0.29, 0.717) is 9.90 Å². The maximum Gasteiger partial charge on any atom is 0.261 e. The molecule has 2 N–H and O–H groups in total. The summed E-state index contributed by atoms with van der Waals surface area (Å²) in [5.74, 6) is -0.560. The number of carbonyl (C=O) groups excluding carboxylic acids is 2. The lowest BCUT2D eigenvalue weighted by atomic mass is 10.1. The number of nitrogens with one attached hydrogen (secondary N) is 2. The molecule has 1 aromatic heterocycles. The van der Waals surface area contributed by atoms with E-state index in [1.807, 2.05) is 32.9 Å². The number of benzene rings is 1. The highest BCUT2D eigenvalue weighted by atomic mass is 35.5. The SMILES string of the molecule is Cc1cc(C)c(NC(=O)CNC(=O)c2cc(Cl)cs2)c(C)c1. The number of thiophene rings is 1. The minimum atomic E-state index is -0.301. The number of halogens is 1. The van der Waals surface area contributed by atoms with E-state index in [2.05, 4.69) is 10.6 Å². The average molecular weight is 337 g/mol. The number of hydrogen-bond acceptors (Lipinski definition) is 3. The average Bonchev–Trinajstić information content (AvgIpc) is 2.87. The molecule has 2 amide bonds. The van der Waals surface area contributed by atoms with E-state index < -0.39 is 0 Å². The van der Waals surface area contributed by atoms with Crippen molar-refractivity contribution in [3.63, 3.8) is 0 Å². The smallest absolute Gasteiger partial charge is 0.261 e. The van der Waals surface area contributed by atoms with E-state index in [9.17, 15) is 9.59 Å². The fourth-order valence-corrected chi connectivity index (χ4v) is 3.23. The standard InChI is InChI=1S/C16H17ClN2O2S/c1-9-4-10(2)15(11(3)5-9)19-14(20)7-18-16(21)13-6-12(17)8-22-13/h4-6,8H,7H2,1-3H3,(H,18,21)(H,19,20). The maximum absolute atomic E-state index is 12.0. The fraction of sp³-hybridized carbons (Fsp3) is 0.250. The molecule has 1 aromatic carbocycles. The molecule has 0 aliphatic heterocycles. The lowest BCUT2D eigenvalue weighted by Gasteiger charge is -2.13. The van der Waals surface area contributed by atoms with Gasteiger partial charge in [-0.2, -0.15) is 0 Å². The topological polar surface area (TPSA) is 58.2 Å². The Morgan fingerprint density at radius 3 is 2.32 bits per heavy atom. The molecular weight excluding hydrogens is 320 g/mol. The van der Waals surface area contributed by atoms with E-state index in [-0.39, 0.29) is 18.4 Å². The van der Waals surface area contributed by atoms with Gasteiger partial charge in [0.05, 0.1) is 16.4 Å². The summed E-state index contributed by atoms with van der Waals surface area (Å²) < 4.78 is 0. The third kappa shape index (κ3) is 4.08. The Labute approximate surface area is 138 Å². The first-order valence-corrected chi connectivity index (χ1v) is 8.02. The Hall–Kier alpha value is -1.85. The van der Waals surface area contributed by atoms with Gasteiger partial charge in [0.2, 0.25) is 5.91 Å². The fourth-order valence-electron chi connectivity index (χ4n) is 2.24. The zero-order valence-corrected chi connectivity index (χ0v) is 14.2. The second-order valence-electron chi connectivity index (χ2n) is 5.13. The van der Waals surface area contributed by atoms with Crippen molar-refractivity contribution in [3.8, 4) is 0 Å². The Kier molecular flexibility index (Phi) is 5.21. The molecule has 116 valence electrons. The molecule has 0 aliphatic carbocycles. The lowest BCUT2D eigenvalue weighted by Crippen LogP contribution is -2.32. The molecule has 22 heavy (non-hydrogen) atoms. The first kappa shape index (κ1) is 16.5. The number of aryl methyl sites for hydroxylation is 3. The van der Waals surface area contributed by atoms with Crippen LogP contribution in [-0.2, 0) is 4.79 Å². The van der Waals surface area contributed by atoms with Crippen molar-refractivity contribution in [3.05, 3.63) is 50.2 Å². The number of anilines is 1. The summed E-state index contributed by atoms with van der Waals surface area (Å²) in [4.78, 5) is 24.3. The van der Waals surface area contributed by atoms with E-state index in [4.69, 9.17) is 11.6 Å². The van der Waals surface area contributed by atoms with Crippen LogP contribution in [-0.4, -0.2) is 18.4 Å².